The zero-order chi connectivity index (χ0) is 13.8. The first-order valence-corrected chi connectivity index (χ1v) is 6.20. The first-order chi connectivity index (χ1) is 9.15. The molecule has 6 heteroatoms. The molecule has 1 aromatic heterocycles. The van der Waals surface area contributed by atoms with E-state index in [2.05, 4.69) is 32.3 Å². The fourth-order valence-electron chi connectivity index (χ4n) is 1.59. The van der Waals surface area contributed by atoms with Crippen molar-refractivity contribution in [1.82, 2.24) is 4.98 Å². The van der Waals surface area contributed by atoms with Crippen molar-refractivity contribution in [3.8, 4) is 11.8 Å². The Morgan fingerprint density at radius 2 is 2.26 bits per heavy atom. The molecule has 0 radical (unpaired) electrons. The number of methoxy groups -OCH3 is 1. The van der Waals surface area contributed by atoms with Crippen molar-refractivity contribution in [3.63, 3.8) is 0 Å². The number of hydrogen-bond donors (Lipinski definition) is 2. The molecular formula is C13H11BrN4O. The van der Waals surface area contributed by atoms with Crippen LogP contribution >= 0.6 is 15.9 Å². The number of nitrogens with one attached hydrogen (secondary N) is 1. The van der Waals surface area contributed by atoms with Crippen LogP contribution in [0.3, 0.4) is 0 Å². The van der Waals surface area contributed by atoms with Gasteiger partial charge in [0.2, 0.25) is 0 Å². The number of hydrogen-bond acceptors (Lipinski definition) is 5. The van der Waals surface area contributed by atoms with Crippen LogP contribution in [0.25, 0.3) is 0 Å². The Balaban J connectivity index is 2.46. The average Bonchev–Trinajstić information content (AvgIpc) is 2.42. The van der Waals surface area contributed by atoms with Crippen LogP contribution in [-0.4, -0.2) is 12.1 Å². The lowest BCUT2D eigenvalue weighted by Gasteiger charge is -2.13. The van der Waals surface area contributed by atoms with E-state index in [4.69, 9.17) is 15.7 Å². The number of nitrogen functional groups attached to an aromatic ring is 1. The smallest absolute Gasteiger partial charge is 0.144 e. The summed E-state index contributed by atoms with van der Waals surface area (Å²) >= 11 is 3.37. The molecule has 96 valence electrons. The van der Waals surface area contributed by atoms with Gasteiger partial charge in [-0.1, -0.05) is 6.07 Å². The van der Waals surface area contributed by atoms with Crippen molar-refractivity contribution in [2.75, 3.05) is 18.2 Å². The van der Waals surface area contributed by atoms with Crippen molar-refractivity contribution < 1.29 is 4.74 Å². The average molecular weight is 319 g/mol. The lowest BCUT2D eigenvalue weighted by molar-refractivity contribution is 0.416. The van der Waals surface area contributed by atoms with Gasteiger partial charge in [0.05, 0.1) is 29.0 Å². The number of pyridine rings is 1. The van der Waals surface area contributed by atoms with E-state index in [0.29, 0.717) is 33.0 Å². The van der Waals surface area contributed by atoms with E-state index in [0.717, 1.165) is 0 Å². The lowest BCUT2D eigenvalue weighted by Crippen LogP contribution is -2.00. The number of rotatable bonds is 3. The Bertz CT molecular complexity index is 652. The topological polar surface area (TPSA) is 84.0 Å². The van der Waals surface area contributed by atoms with Gasteiger partial charge in [0.15, 0.2) is 0 Å². The van der Waals surface area contributed by atoms with Gasteiger partial charge in [-0.05, 0) is 34.1 Å². The molecule has 0 saturated carbocycles. The summed E-state index contributed by atoms with van der Waals surface area (Å²) < 4.78 is 5.95. The zero-order valence-electron chi connectivity index (χ0n) is 10.1. The van der Waals surface area contributed by atoms with Crippen LogP contribution in [0, 0.1) is 11.3 Å². The van der Waals surface area contributed by atoms with Gasteiger partial charge in [0.1, 0.15) is 23.3 Å². The molecule has 2 rings (SSSR count). The maximum Gasteiger partial charge on any atom is 0.144 e. The largest absolute Gasteiger partial charge is 0.495 e. The number of halogens is 1. The molecular weight excluding hydrogens is 308 g/mol. The lowest BCUT2D eigenvalue weighted by atomic mass is 10.1. The van der Waals surface area contributed by atoms with Crippen LogP contribution in [0.2, 0.25) is 0 Å². The number of para-hydroxylation sites is 1. The van der Waals surface area contributed by atoms with E-state index in [1.165, 1.54) is 6.20 Å². The normalized spacial score (nSPS) is 9.74. The molecule has 0 fully saturated rings. The summed E-state index contributed by atoms with van der Waals surface area (Å²) in [7, 11) is 1.55. The number of benzene rings is 1. The second kappa shape index (κ2) is 5.59. The summed E-state index contributed by atoms with van der Waals surface area (Å²) in [5, 5.41) is 12.2. The number of nitrogens with two attached hydrogens (primary N) is 1. The Morgan fingerprint density at radius 1 is 1.47 bits per heavy atom. The van der Waals surface area contributed by atoms with Gasteiger partial charge >= 0.3 is 0 Å². The summed E-state index contributed by atoms with van der Waals surface area (Å²) in [6.07, 6.45) is 1.54. The molecule has 0 aliphatic heterocycles. The summed E-state index contributed by atoms with van der Waals surface area (Å²) in [5.74, 6) is 1.14. The summed E-state index contributed by atoms with van der Waals surface area (Å²) in [6, 6.07) is 9.08. The first-order valence-electron chi connectivity index (χ1n) is 5.41. The van der Waals surface area contributed by atoms with E-state index >= 15 is 0 Å². The van der Waals surface area contributed by atoms with Gasteiger partial charge in [-0.25, -0.2) is 4.98 Å². The SMILES string of the molecule is COc1cccc(C#N)c1Nc1ncc(N)cc1Br. The molecule has 1 aromatic carbocycles. The van der Waals surface area contributed by atoms with Crippen LogP contribution in [0.15, 0.2) is 34.9 Å². The van der Waals surface area contributed by atoms with Crippen molar-refractivity contribution in [2.24, 2.45) is 0 Å². The predicted molar refractivity (Wildman–Crippen MR) is 77.3 cm³/mol. The Labute approximate surface area is 119 Å². The molecule has 0 aliphatic rings. The molecule has 0 amide bonds. The summed E-state index contributed by atoms with van der Waals surface area (Å²) in [5.41, 5.74) is 7.24. The highest BCUT2D eigenvalue weighted by atomic mass is 79.9. The number of aromatic nitrogens is 1. The second-order valence-electron chi connectivity index (χ2n) is 3.72. The third kappa shape index (κ3) is 2.77. The number of nitrogens with zero attached hydrogens (tertiary/aromatic N) is 2. The minimum atomic E-state index is 0.477. The Morgan fingerprint density at radius 3 is 2.89 bits per heavy atom. The van der Waals surface area contributed by atoms with E-state index in [-0.39, 0.29) is 0 Å². The quantitative estimate of drug-likeness (QED) is 0.908. The maximum atomic E-state index is 9.13. The van der Waals surface area contributed by atoms with Crippen molar-refractivity contribution in [2.45, 2.75) is 0 Å². The summed E-state index contributed by atoms with van der Waals surface area (Å²) in [6.45, 7) is 0. The molecule has 0 aliphatic carbocycles. The monoisotopic (exact) mass is 318 g/mol. The molecule has 2 aromatic rings. The van der Waals surface area contributed by atoms with Gasteiger partial charge in [-0.15, -0.1) is 0 Å². The number of ether oxygens (including phenoxy) is 1. The predicted octanol–water partition coefficient (Wildman–Crippen LogP) is 3.05. The second-order valence-corrected chi connectivity index (χ2v) is 4.57. The van der Waals surface area contributed by atoms with Crippen LogP contribution in [0.1, 0.15) is 5.56 Å². The number of anilines is 3. The van der Waals surface area contributed by atoms with Gasteiger partial charge in [-0.2, -0.15) is 5.26 Å². The van der Waals surface area contributed by atoms with Crippen molar-refractivity contribution in [3.05, 3.63) is 40.5 Å². The molecule has 0 saturated heterocycles. The Hall–Kier alpha value is -2.26. The van der Waals surface area contributed by atoms with E-state index in [1.807, 2.05) is 0 Å². The van der Waals surface area contributed by atoms with E-state index in [1.54, 1.807) is 31.4 Å². The fraction of sp³-hybridized carbons (Fsp3) is 0.0769. The minimum absolute atomic E-state index is 0.477. The van der Waals surface area contributed by atoms with E-state index < -0.39 is 0 Å². The molecule has 1 heterocycles. The van der Waals surface area contributed by atoms with Gasteiger partial charge in [0.25, 0.3) is 0 Å². The minimum Gasteiger partial charge on any atom is -0.495 e. The third-order valence-corrected chi connectivity index (χ3v) is 3.08. The van der Waals surface area contributed by atoms with Gasteiger partial charge < -0.3 is 15.8 Å². The van der Waals surface area contributed by atoms with Crippen LogP contribution < -0.4 is 15.8 Å². The van der Waals surface area contributed by atoms with Crippen LogP contribution in [-0.2, 0) is 0 Å². The highest BCUT2D eigenvalue weighted by Crippen LogP contribution is 2.33. The van der Waals surface area contributed by atoms with Gasteiger partial charge in [0, 0.05) is 0 Å². The molecule has 0 unspecified atom stereocenters. The molecule has 3 N–H and O–H groups in total. The molecule has 0 bridgehead atoms. The van der Waals surface area contributed by atoms with E-state index in [9.17, 15) is 0 Å². The van der Waals surface area contributed by atoms with Crippen molar-refractivity contribution in [1.29, 1.82) is 5.26 Å². The fourth-order valence-corrected chi connectivity index (χ4v) is 2.05. The highest BCUT2D eigenvalue weighted by Gasteiger charge is 2.11. The summed E-state index contributed by atoms with van der Waals surface area (Å²) in [4.78, 5) is 4.18. The Kier molecular flexibility index (Phi) is 3.88. The zero-order valence-corrected chi connectivity index (χ0v) is 11.7. The third-order valence-electron chi connectivity index (χ3n) is 2.47. The highest BCUT2D eigenvalue weighted by molar-refractivity contribution is 9.10. The molecule has 19 heavy (non-hydrogen) atoms. The molecule has 5 nitrogen and oxygen atoms in total. The molecule has 0 atom stereocenters. The maximum absolute atomic E-state index is 9.13. The molecule has 0 spiro atoms. The first kappa shape index (κ1) is 13.2. The van der Waals surface area contributed by atoms with Gasteiger partial charge in [-0.3, -0.25) is 0 Å². The standard InChI is InChI=1S/C13H11BrN4O/c1-19-11-4-2-3-8(6-15)12(11)18-13-10(14)5-9(16)7-17-13/h2-5,7H,16H2,1H3,(H,17,18). The van der Waals surface area contributed by atoms with Crippen LogP contribution in [0.4, 0.5) is 17.2 Å². The number of nitriles is 1. The van der Waals surface area contributed by atoms with Crippen molar-refractivity contribution >= 4 is 33.1 Å². The van der Waals surface area contributed by atoms with Crippen LogP contribution in [0.5, 0.6) is 5.75 Å².